The van der Waals surface area contributed by atoms with Crippen molar-refractivity contribution in [3.8, 4) is 0 Å². The van der Waals surface area contributed by atoms with E-state index < -0.39 is 17.6 Å². The molecular formula is C17H9BrFNO2S2. The lowest BCUT2D eigenvalue weighted by molar-refractivity contribution is -0.120. The maximum atomic E-state index is 13.8. The second kappa shape index (κ2) is 6.96. The molecular weight excluding hydrogens is 413 g/mol. The molecule has 2 amide bonds. The second-order valence-corrected chi connectivity index (χ2v) is 7.35. The van der Waals surface area contributed by atoms with Crippen LogP contribution in [0.25, 0.3) is 6.08 Å². The topological polar surface area (TPSA) is 37.4 Å². The van der Waals surface area contributed by atoms with Gasteiger partial charge in [-0.25, -0.2) is 9.29 Å². The van der Waals surface area contributed by atoms with Crippen LogP contribution in [-0.2, 0) is 4.79 Å². The lowest BCUT2D eigenvalue weighted by Crippen LogP contribution is -2.34. The van der Waals surface area contributed by atoms with Crippen LogP contribution in [0.5, 0.6) is 0 Å². The maximum absolute atomic E-state index is 13.8. The number of hydrogen-bond donors (Lipinski definition) is 0. The first-order valence-electron chi connectivity index (χ1n) is 6.80. The Morgan fingerprint density at radius 2 is 1.83 bits per heavy atom. The van der Waals surface area contributed by atoms with Crippen molar-refractivity contribution in [2.75, 3.05) is 0 Å². The molecule has 1 saturated heterocycles. The van der Waals surface area contributed by atoms with E-state index >= 15 is 0 Å². The minimum Gasteiger partial charge on any atom is -0.268 e. The van der Waals surface area contributed by atoms with Crippen LogP contribution in [0.3, 0.4) is 0 Å². The minimum absolute atomic E-state index is 0.128. The van der Waals surface area contributed by atoms with Crippen LogP contribution in [0, 0.1) is 5.82 Å². The molecule has 0 spiro atoms. The summed E-state index contributed by atoms with van der Waals surface area (Å²) in [4.78, 5) is 26.3. The molecule has 0 aromatic heterocycles. The van der Waals surface area contributed by atoms with E-state index in [9.17, 15) is 14.0 Å². The molecule has 0 saturated carbocycles. The van der Waals surface area contributed by atoms with Gasteiger partial charge in [0.1, 0.15) is 5.82 Å². The Hall–Kier alpha value is -1.83. The van der Waals surface area contributed by atoms with Crippen molar-refractivity contribution >= 4 is 62.1 Å². The van der Waals surface area contributed by atoms with Crippen LogP contribution in [0.1, 0.15) is 15.9 Å². The molecule has 0 aliphatic carbocycles. The molecule has 3 nitrogen and oxygen atoms in total. The van der Waals surface area contributed by atoms with Crippen molar-refractivity contribution < 1.29 is 14.0 Å². The number of benzene rings is 2. The number of carbonyl (C=O) groups excluding carboxylic acids is 2. The summed E-state index contributed by atoms with van der Waals surface area (Å²) < 4.78 is 14.5. The summed E-state index contributed by atoms with van der Waals surface area (Å²) in [5.41, 5.74) is 0.604. The molecule has 1 aliphatic rings. The standard InChI is InChI=1S/C17H9BrFNO2S2/c18-12-7-3-2-6-11(12)15(21)20-16(22)14(24-17(20)23)9-10-5-1-4-8-13(10)19/h1-9H. The largest absolute Gasteiger partial charge is 0.273 e. The van der Waals surface area contributed by atoms with E-state index in [-0.39, 0.29) is 14.8 Å². The normalized spacial score (nSPS) is 16.1. The summed E-state index contributed by atoms with van der Waals surface area (Å²) in [6.07, 6.45) is 1.40. The Kier molecular flexibility index (Phi) is 4.93. The van der Waals surface area contributed by atoms with Crippen LogP contribution in [0.4, 0.5) is 4.39 Å². The fraction of sp³-hybridized carbons (Fsp3) is 0. The fourth-order valence-corrected chi connectivity index (χ4v) is 3.83. The lowest BCUT2D eigenvalue weighted by atomic mass is 10.2. The molecule has 1 fully saturated rings. The van der Waals surface area contributed by atoms with Crippen molar-refractivity contribution in [2.24, 2.45) is 0 Å². The molecule has 0 atom stereocenters. The first kappa shape index (κ1) is 17.0. The number of thiocarbonyl (C=S) groups is 1. The van der Waals surface area contributed by atoms with Crippen LogP contribution in [0.15, 0.2) is 57.9 Å². The highest BCUT2D eigenvalue weighted by Gasteiger charge is 2.37. The average Bonchev–Trinajstić information content (AvgIpc) is 2.83. The molecule has 2 aromatic carbocycles. The second-order valence-electron chi connectivity index (χ2n) is 4.82. The first-order valence-corrected chi connectivity index (χ1v) is 8.82. The lowest BCUT2D eigenvalue weighted by Gasteiger charge is -2.13. The van der Waals surface area contributed by atoms with Gasteiger partial charge < -0.3 is 0 Å². The zero-order valence-electron chi connectivity index (χ0n) is 12.0. The van der Waals surface area contributed by atoms with Crippen molar-refractivity contribution in [3.63, 3.8) is 0 Å². The van der Waals surface area contributed by atoms with Gasteiger partial charge in [0, 0.05) is 10.0 Å². The van der Waals surface area contributed by atoms with E-state index in [2.05, 4.69) is 15.9 Å². The smallest absolute Gasteiger partial charge is 0.268 e. The molecule has 7 heteroatoms. The fourth-order valence-electron chi connectivity index (χ4n) is 2.13. The average molecular weight is 422 g/mol. The Balaban J connectivity index is 1.94. The summed E-state index contributed by atoms with van der Waals surface area (Å²) >= 11 is 9.43. The number of halogens is 2. The van der Waals surface area contributed by atoms with Gasteiger partial charge in [-0.15, -0.1) is 0 Å². The van der Waals surface area contributed by atoms with Crippen LogP contribution in [0.2, 0.25) is 0 Å². The van der Waals surface area contributed by atoms with Gasteiger partial charge in [0.05, 0.1) is 10.5 Å². The molecule has 0 bridgehead atoms. The SMILES string of the molecule is O=C1C(=Cc2ccccc2F)SC(=S)N1C(=O)c1ccccc1Br. The third-order valence-electron chi connectivity index (χ3n) is 3.29. The van der Waals surface area contributed by atoms with Gasteiger partial charge in [0.2, 0.25) is 0 Å². The number of thioether (sulfide) groups is 1. The number of nitrogens with zero attached hydrogens (tertiary/aromatic N) is 1. The van der Waals surface area contributed by atoms with E-state index in [1.165, 1.54) is 12.1 Å². The molecule has 0 unspecified atom stereocenters. The van der Waals surface area contributed by atoms with Gasteiger partial charge in [-0.1, -0.05) is 54.3 Å². The summed E-state index contributed by atoms with van der Waals surface area (Å²) in [6.45, 7) is 0. The van der Waals surface area contributed by atoms with Gasteiger partial charge in [0.25, 0.3) is 11.8 Å². The van der Waals surface area contributed by atoms with Crippen LogP contribution < -0.4 is 0 Å². The summed E-state index contributed by atoms with van der Waals surface area (Å²) in [5.74, 6) is -1.50. The van der Waals surface area contributed by atoms with Gasteiger partial charge in [-0.3, -0.25) is 9.59 Å². The Morgan fingerprint density at radius 3 is 2.54 bits per heavy atom. The molecule has 24 heavy (non-hydrogen) atoms. The van der Waals surface area contributed by atoms with Crippen molar-refractivity contribution in [1.29, 1.82) is 0 Å². The molecule has 3 rings (SSSR count). The summed E-state index contributed by atoms with van der Waals surface area (Å²) in [5, 5.41) is 0. The highest BCUT2D eigenvalue weighted by atomic mass is 79.9. The number of rotatable bonds is 2. The highest BCUT2D eigenvalue weighted by molar-refractivity contribution is 9.10. The Morgan fingerprint density at radius 1 is 1.17 bits per heavy atom. The third-order valence-corrected chi connectivity index (χ3v) is 5.29. The highest BCUT2D eigenvalue weighted by Crippen LogP contribution is 2.34. The molecule has 1 heterocycles. The molecule has 2 aromatic rings. The first-order chi connectivity index (χ1) is 11.5. The van der Waals surface area contributed by atoms with E-state index in [4.69, 9.17) is 12.2 Å². The van der Waals surface area contributed by atoms with Crippen LogP contribution in [-0.4, -0.2) is 21.0 Å². The predicted octanol–water partition coefficient (Wildman–Crippen LogP) is 4.63. The van der Waals surface area contributed by atoms with Gasteiger partial charge in [-0.05, 0) is 40.2 Å². The summed E-state index contributed by atoms with van der Waals surface area (Å²) in [6, 6.07) is 12.9. The van der Waals surface area contributed by atoms with Crippen molar-refractivity contribution in [1.82, 2.24) is 4.90 Å². The van der Waals surface area contributed by atoms with Gasteiger partial charge in [0.15, 0.2) is 4.32 Å². The van der Waals surface area contributed by atoms with E-state index in [0.29, 0.717) is 10.0 Å². The Bertz CT molecular complexity index is 898. The van der Waals surface area contributed by atoms with E-state index in [1.807, 2.05) is 0 Å². The Labute approximate surface area is 155 Å². The number of amides is 2. The van der Waals surface area contributed by atoms with E-state index in [0.717, 1.165) is 16.7 Å². The minimum atomic E-state index is -0.547. The third kappa shape index (κ3) is 3.19. The molecule has 0 N–H and O–H groups in total. The molecule has 1 aliphatic heterocycles. The van der Waals surface area contributed by atoms with Gasteiger partial charge >= 0.3 is 0 Å². The molecule has 0 radical (unpaired) electrons. The zero-order valence-corrected chi connectivity index (χ0v) is 15.3. The van der Waals surface area contributed by atoms with Gasteiger partial charge in [-0.2, -0.15) is 0 Å². The van der Waals surface area contributed by atoms with E-state index in [1.54, 1.807) is 42.5 Å². The predicted molar refractivity (Wildman–Crippen MR) is 99.9 cm³/mol. The van der Waals surface area contributed by atoms with Crippen molar-refractivity contribution in [2.45, 2.75) is 0 Å². The number of imide groups is 1. The zero-order chi connectivity index (χ0) is 17.3. The molecule has 120 valence electrons. The quantitative estimate of drug-likeness (QED) is 0.402. The maximum Gasteiger partial charge on any atom is 0.273 e. The number of hydrogen-bond acceptors (Lipinski definition) is 4. The van der Waals surface area contributed by atoms with Crippen molar-refractivity contribution in [3.05, 3.63) is 74.9 Å². The summed E-state index contributed by atoms with van der Waals surface area (Å²) in [7, 11) is 0. The van der Waals surface area contributed by atoms with Crippen LogP contribution >= 0.6 is 39.9 Å². The monoisotopic (exact) mass is 421 g/mol. The number of carbonyl (C=O) groups is 2.